The number of benzene rings is 3. The molecule has 3 aromatic carbocycles. The van der Waals surface area contributed by atoms with E-state index in [1.165, 1.54) is 11.8 Å². The molecule has 0 bridgehead atoms. The lowest BCUT2D eigenvalue weighted by Crippen LogP contribution is -2.44. The molecule has 0 aromatic heterocycles. The monoisotopic (exact) mass is 481 g/mol. The van der Waals surface area contributed by atoms with E-state index in [4.69, 9.17) is 5.73 Å². The Morgan fingerprint density at radius 3 is 2.33 bits per heavy atom. The Balaban J connectivity index is 1.34. The molecular formula is C28H27N5O3. The summed E-state index contributed by atoms with van der Waals surface area (Å²) < 4.78 is 0. The smallest absolute Gasteiger partial charge is 0.257 e. The van der Waals surface area contributed by atoms with Gasteiger partial charge in [-0.1, -0.05) is 12.1 Å². The number of rotatable bonds is 6. The van der Waals surface area contributed by atoms with Crippen LogP contribution >= 0.6 is 0 Å². The third kappa shape index (κ3) is 4.71. The lowest BCUT2D eigenvalue weighted by atomic mass is 9.97. The molecule has 182 valence electrons. The number of nitrogens with one attached hydrogen (secondary N) is 2. The van der Waals surface area contributed by atoms with Crippen molar-refractivity contribution in [2.45, 2.75) is 0 Å². The third-order valence-corrected chi connectivity index (χ3v) is 6.59. The van der Waals surface area contributed by atoms with E-state index in [1.807, 2.05) is 12.1 Å². The molecule has 1 saturated heterocycles. The minimum absolute atomic E-state index is 0.244. The Kier molecular flexibility index (Phi) is 6.26. The predicted molar refractivity (Wildman–Crippen MR) is 141 cm³/mol. The zero-order chi connectivity index (χ0) is 25.2. The van der Waals surface area contributed by atoms with Gasteiger partial charge in [0.15, 0.2) is 5.78 Å². The van der Waals surface area contributed by atoms with Crippen LogP contribution in [0, 0.1) is 0 Å². The van der Waals surface area contributed by atoms with Crippen LogP contribution in [0.1, 0.15) is 31.8 Å². The van der Waals surface area contributed by atoms with Crippen molar-refractivity contribution >= 4 is 40.2 Å². The van der Waals surface area contributed by atoms with E-state index in [0.717, 1.165) is 31.9 Å². The number of nitrogens with zero attached hydrogens (tertiary/aromatic N) is 2. The van der Waals surface area contributed by atoms with Crippen LogP contribution in [0.15, 0.2) is 72.9 Å². The topological polar surface area (TPSA) is 108 Å². The van der Waals surface area contributed by atoms with E-state index < -0.39 is 5.91 Å². The maximum atomic E-state index is 13.1. The molecule has 36 heavy (non-hydrogen) atoms. The molecule has 0 unspecified atom stereocenters. The lowest BCUT2D eigenvalue weighted by Gasteiger charge is -2.34. The van der Waals surface area contributed by atoms with Gasteiger partial charge in [-0.25, -0.2) is 0 Å². The Morgan fingerprint density at radius 2 is 1.61 bits per heavy atom. The van der Waals surface area contributed by atoms with E-state index >= 15 is 0 Å². The highest BCUT2D eigenvalue weighted by atomic mass is 16.2. The molecule has 2 aliphatic heterocycles. The number of piperazine rings is 1. The summed E-state index contributed by atoms with van der Waals surface area (Å²) >= 11 is 0. The van der Waals surface area contributed by atoms with Gasteiger partial charge in [0, 0.05) is 71.7 Å². The third-order valence-electron chi connectivity index (χ3n) is 6.59. The van der Waals surface area contributed by atoms with Crippen LogP contribution in [0.3, 0.4) is 0 Å². The van der Waals surface area contributed by atoms with Crippen molar-refractivity contribution in [2.24, 2.45) is 5.73 Å². The normalized spacial score (nSPS) is 16.5. The number of hydrogen-bond donors (Lipinski definition) is 3. The maximum Gasteiger partial charge on any atom is 0.257 e. The molecule has 1 fully saturated rings. The van der Waals surface area contributed by atoms with E-state index in [-0.39, 0.29) is 17.3 Å². The van der Waals surface area contributed by atoms with Gasteiger partial charge in [0.25, 0.3) is 5.91 Å². The molecule has 0 radical (unpaired) electrons. The fourth-order valence-electron chi connectivity index (χ4n) is 4.44. The Bertz CT molecular complexity index is 1370. The van der Waals surface area contributed by atoms with E-state index in [9.17, 15) is 14.4 Å². The molecule has 8 nitrogen and oxygen atoms in total. The number of anilines is 3. The van der Waals surface area contributed by atoms with Crippen LogP contribution in [0.25, 0.3) is 5.57 Å². The van der Waals surface area contributed by atoms with Crippen LogP contribution in [0.5, 0.6) is 0 Å². The summed E-state index contributed by atoms with van der Waals surface area (Å²) in [4.78, 5) is 41.9. The molecule has 2 amide bonds. The number of hydrogen-bond acceptors (Lipinski definition) is 6. The van der Waals surface area contributed by atoms with Crippen molar-refractivity contribution in [3.63, 3.8) is 0 Å². The van der Waals surface area contributed by atoms with Crippen molar-refractivity contribution in [1.29, 1.82) is 0 Å². The number of primary amides is 1. The highest BCUT2D eigenvalue weighted by Crippen LogP contribution is 2.33. The van der Waals surface area contributed by atoms with Crippen molar-refractivity contribution in [2.75, 3.05) is 48.8 Å². The second-order valence-corrected chi connectivity index (χ2v) is 9.03. The number of ketones is 1. The largest absolute Gasteiger partial charge is 0.369 e. The molecule has 3 aromatic rings. The molecule has 0 aliphatic carbocycles. The van der Waals surface area contributed by atoms with Crippen LogP contribution in [0.4, 0.5) is 17.1 Å². The van der Waals surface area contributed by atoms with Crippen LogP contribution in [-0.4, -0.2) is 55.7 Å². The summed E-state index contributed by atoms with van der Waals surface area (Å²) in [5, 5.41) is 6.05. The van der Waals surface area contributed by atoms with Crippen molar-refractivity contribution in [1.82, 2.24) is 4.90 Å². The van der Waals surface area contributed by atoms with Gasteiger partial charge in [0.1, 0.15) is 0 Å². The van der Waals surface area contributed by atoms with Gasteiger partial charge >= 0.3 is 0 Å². The number of nitrogens with two attached hydrogens (primary N) is 1. The molecule has 0 atom stereocenters. The number of carbonyl (C=O) groups excluding carboxylic acids is 3. The van der Waals surface area contributed by atoms with E-state index in [1.54, 1.807) is 42.6 Å². The number of carbonyl (C=O) groups is 3. The highest BCUT2D eigenvalue weighted by Gasteiger charge is 2.25. The summed E-state index contributed by atoms with van der Waals surface area (Å²) in [5.41, 5.74) is 10.1. The highest BCUT2D eigenvalue weighted by molar-refractivity contribution is 6.32. The zero-order valence-corrected chi connectivity index (χ0v) is 20.0. The molecule has 4 N–H and O–H groups in total. The van der Waals surface area contributed by atoms with E-state index in [2.05, 4.69) is 39.6 Å². The second-order valence-electron chi connectivity index (χ2n) is 9.03. The van der Waals surface area contributed by atoms with Gasteiger partial charge in [0.2, 0.25) is 5.91 Å². The Morgan fingerprint density at radius 1 is 0.917 bits per heavy atom. The van der Waals surface area contributed by atoms with Crippen molar-refractivity contribution < 1.29 is 14.4 Å². The van der Waals surface area contributed by atoms with Gasteiger partial charge in [-0.15, -0.1) is 0 Å². The van der Waals surface area contributed by atoms with Gasteiger partial charge in [-0.05, 0) is 61.6 Å². The predicted octanol–water partition coefficient (Wildman–Crippen LogP) is 3.17. The molecule has 2 heterocycles. The molecule has 0 spiro atoms. The van der Waals surface area contributed by atoms with Crippen LogP contribution < -0.4 is 21.3 Å². The first-order valence-electron chi connectivity index (χ1n) is 11.8. The first-order chi connectivity index (χ1) is 17.4. The summed E-state index contributed by atoms with van der Waals surface area (Å²) in [7, 11) is 2.13. The number of fused-ring (bicyclic) bond motifs is 1. The van der Waals surface area contributed by atoms with Crippen LogP contribution in [0.2, 0.25) is 0 Å². The first-order valence-corrected chi connectivity index (χ1v) is 11.8. The lowest BCUT2D eigenvalue weighted by molar-refractivity contribution is -0.110. The second kappa shape index (κ2) is 9.67. The van der Waals surface area contributed by atoms with E-state index in [0.29, 0.717) is 28.0 Å². The Hall–Kier alpha value is -4.43. The SMILES string of the molecule is CN1CCN(c2ccc(N/C=C3\C(=O)Nc4ccc(C(=O)c5cccc(C(N)=O)c5)cc43)cc2)CC1. The van der Waals surface area contributed by atoms with Gasteiger partial charge in [-0.2, -0.15) is 0 Å². The number of amides is 2. The first kappa shape index (κ1) is 23.3. The fraction of sp³-hybridized carbons (Fsp3) is 0.179. The maximum absolute atomic E-state index is 13.1. The van der Waals surface area contributed by atoms with Crippen molar-refractivity contribution in [3.05, 3.63) is 95.2 Å². The van der Waals surface area contributed by atoms with Gasteiger partial charge in [0.05, 0.1) is 5.57 Å². The molecule has 0 saturated carbocycles. The summed E-state index contributed by atoms with van der Waals surface area (Å²) in [5.74, 6) is -1.10. The summed E-state index contributed by atoms with van der Waals surface area (Å²) in [6, 6.07) is 19.5. The quantitative estimate of drug-likeness (QED) is 0.369. The zero-order valence-electron chi connectivity index (χ0n) is 20.0. The number of likely N-dealkylation sites (N-methyl/N-ethyl adjacent to an activating group) is 1. The molecular weight excluding hydrogens is 454 g/mol. The Labute approximate surface area is 209 Å². The van der Waals surface area contributed by atoms with Gasteiger partial charge in [-0.3, -0.25) is 14.4 Å². The summed E-state index contributed by atoms with van der Waals surface area (Å²) in [6.45, 7) is 4.08. The fourth-order valence-corrected chi connectivity index (χ4v) is 4.44. The standard InChI is InChI=1S/C28H27N5O3/c1-32-11-13-33(14-12-32)22-8-6-21(7-9-22)30-17-24-23-16-19(5-10-25(23)31-28(24)36)26(34)18-3-2-4-20(15-18)27(29)35/h2-10,15-17,30H,11-14H2,1H3,(H2,29,35)(H,31,36)/b24-17-. The average Bonchev–Trinajstić information content (AvgIpc) is 3.22. The van der Waals surface area contributed by atoms with Crippen molar-refractivity contribution in [3.8, 4) is 0 Å². The molecule has 8 heteroatoms. The minimum atomic E-state index is -0.596. The molecule has 5 rings (SSSR count). The molecule has 2 aliphatic rings. The van der Waals surface area contributed by atoms with Gasteiger partial charge < -0.3 is 26.2 Å². The average molecular weight is 482 g/mol. The van der Waals surface area contributed by atoms with Crippen LogP contribution in [-0.2, 0) is 4.79 Å². The summed E-state index contributed by atoms with van der Waals surface area (Å²) in [6.07, 6.45) is 1.66. The minimum Gasteiger partial charge on any atom is -0.369 e.